The molecule has 0 amide bonds. The van der Waals surface area contributed by atoms with Crippen LogP contribution < -0.4 is 10.1 Å². The van der Waals surface area contributed by atoms with Gasteiger partial charge in [0.2, 0.25) is 0 Å². The fourth-order valence-electron chi connectivity index (χ4n) is 2.07. The summed E-state index contributed by atoms with van der Waals surface area (Å²) in [5.41, 5.74) is 2.21. The maximum atomic E-state index is 5.43. The first-order valence-electron chi connectivity index (χ1n) is 5.84. The van der Waals surface area contributed by atoms with Gasteiger partial charge in [-0.2, -0.15) is 5.10 Å². The summed E-state index contributed by atoms with van der Waals surface area (Å²) < 4.78 is 9.58. The van der Waals surface area contributed by atoms with E-state index in [1.807, 2.05) is 11.7 Å². The second-order valence-corrected chi connectivity index (χ2v) is 7.66. The van der Waals surface area contributed by atoms with Crippen molar-refractivity contribution in [2.45, 2.75) is 19.5 Å². The van der Waals surface area contributed by atoms with Gasteiger partial charge in [-0.3, -0.25) is 4.68 Å². The molecule has 104 valence electrons. The summed E-state index contributed by atoms with van der Waals surface area (Å²) in [7, 11) is 3.61. The van der Waals surface area contributed by atoms with Crippen LogP contribution in [0.1, 0.15) is 24.2 Å². The van der Waals surface area contributed by atoms with Crippen molar-refractivity contribution in [2.24, 2.45) is 0 Å². The number of rotatable bonds is 5. The zero-order valence-electron chi connectivity index (χ0n) is 10.9. The predicted octanol–water partition coefficient (Wildman–Crippen LogP) is 3.81. The highest BCUT2D eigenvalue weighted by Gasteiger charge is 2.25. The molecule has 2 heterocycles. The topological polar surface area (TPSA) is 39.1 Å². The highest BCUT2D eigenvalue weighted by atomic mass is 79.9. The van der Waals surface area contributed by atoms with Gasteiger partial charge >= 0.3 is 0 Å². The predicted molar refractivity (Wildman–Crippen MR) is 85.1 cm³/mol. The Bertz CT molecular complexity index is 546. The molecule has 0 saturated carbocycles. The molecule has 0 aromatic carbocycles. The van der Waals surface area contributed by atoms with Crippen molar-refractivity contribution >= 4 is 43.2 Å². The Kier molecular flexibility index (Phi) is 5.05. The molecule has 0 aliphatic heterocycles. The van der Waals surface area contributed by atoms with Crippen molar-refractivity contribution in [3.8, 4) is 5.75 Å². The zero-order chi connectivity index (χ0) is 14.0. The van der Waals surface area contributed by atoms with Crippen molar-refractivity contribution < 1.29 is 4.74 Å². The SMILES string of the molecule is CCn1ncc(OC)c1C(NC)c1cc(Br)sc1Br. The number of nitrogens with zero attached hydrogens (tertiary/aromatic N) is 2. The number of hydrogen-bond acceptors (Lipinski definition) is 4. The maximum Gasteiger partial charge on any atom is 0.161 e. The first-order chi connectivity index (χ1) is 9.12. The van der Waals surface area contributed by atoms with E-state index in [9.17, 15) is 0 Å². The molecule has 2 aromatic rings. The fraction of sp³-hybridized carbons (Fsp3) is 0.417. The molecule has 7 heteroatoms. The number of thiophene rings is 1. The van der Waals surface area contributed by atoms with Crippen LogP contribution in [0.25, 0.3) is 0 Å². The highest BCUT2D eigenvalue weighted by molar-refractivity contribution is 9.12. The smallest absolute Gasteiger partial charge is 0.161 e. The third-order valence-electron chi connectivity index (χ3n) is 2.92. The largest absolute Gasteiger partial charge is 0.493 e. The van der Waals surface area contributed by atoms with Gasteiger partial charge < -0.3 is 10.1 Å². The Morgan fingerprint density at radius 1 is 1.53 bits per heavy atom. The molecule has 0 spiro atoms. The van der Waals surface area contributed by atoms with Crippen LogP contribution in [0.4, 0.5) is 0 Å². The third kappa shape index (κ3) is 2.89. The van der Waals surface area contributed by atoms with E-state index in [1.54, 1.807) is 24.6 Å². The number of ether oxygens (including phenoxy) is 1. The standard InChI is InChI=1S/C12H15Br2N3OS/c1-4-17-11(8(18-3)6-16-17)10(15-2)7-5-9(13)19-12(7)14/h5-6,10,15H,4H2,1-3H3. The first kappa shape index (κ1) is 15.0. The Balaban J connectivity index is 2.53. The molecule has 19 heavy (non-hydrogen) atoms. The van der Waals surface area contributed by atoms with Crippen molar-refractivity contribution in [3.63, 3.8) is 0 Å². The van der Waals surface area contributed by atoms with Crippen molar-refractivity contribution in [3.05, 3.63) is 31.1 Å². The summed E-state index contributed by atoms with van der Waals surface area (Å²) in [5, 5.41) is 7.70. The van der Waals surface area contributed by atoms with Crippen LogP contribution in [-0.4, -0.2) is 23.9 Å². The third-order valence-corrected chi connectivity index (χ3v) is 5.31. The van der Waals surface area contributed by atoms with Crippen LogP contribution >= 0.6 is 43.2 Å². The fourth-order valence-corrected chi connectivity index (χ4v) is 4.97. The highest BCUT2D eigenvalue weighted by Crippen LogP contribution is 2.39. The van der Waals surface area contributed by atoms with E-state index < -0.39 is 0 Å². The molecule has 0 fully saturated rings. The molecular formula is C12H15Br2N3OS. The number of aryl methyl sites for hydroxylation is 1. The Morgan fingerprint density at radius 3 is 2.74 bits per heavy atom. The molecule has 1 N–H and O–H groups in total. The lowest BCUT2D eigenvalue weighted by Crippen LogP contribution is -2.22. The Morgan fingerprint density at radius 2 is 2.26 bits per heavy atom. The van der Waals surface area contributed by atoms with E-state index in [0.717, 1.165) is 25.6 Å². The Labute approximate surface area is 133 Å². The summed E-state index contributed by atoms with van der Waals surface area (Å²) in [4.78, 5) is 0. The quantitative estimate of drug-likeness (QED) is 0.817. The lowest BCUT2D eigenvalue weighted by molar-refractivity contribution is 0.401. The summed E-state index contributed by atoms with van der Waals surface area (Å²) in [6, 6.07) is 2.15. The van der Waals surface area contributed by atoms with Crippen LogP contribution in [0.2, 0.25) is 0 Å². The van der Waals surface area contributed by atoms with E-state index in [0.29, 0.717) is 0 Å². The lowest BCUT2D eigenvalue weighted by Gasteiger charge is -2.18. The van der Waals surface area contributed by atoms with Crippen LogP contribution in [0.15, 0.2) is 19.8 Å². The number of hydrogen-bond donors (Lipinski definition) is 1. The lowest BCUT2D eigenvalue weighted by atomic mass is 10.1. The van der Waals surface area contributed by atoms with Gasteiger partial charge in [-0.05, 0) is 51.9 Å². The van der Waals surface area contributed by atoms with E-state index in [1.165, 1.54) is 5.56 Å². The van der Waals surface area contributed by atoms with E-state index in [4.69, 9.17) is 4.74 Å². The van der Waals surface area contributed by atoms with E-state index >= 15 is 0 Å². The summed E-state index contributed by atoms with van der Waals surface area (Å²) >= 11 is 8.80. The van der Waals surface area contributed by atoms with Crippen LogP contribution in [0.3, 0.4) is 0 Å². The van der Waals surface area contributed by atoms with Gasteiger partial charge in [0, 0.05) is 12.1 Å². The number of halogens is 2. The van der Waals surface area contributed by atoms with E-state index in [2.05, 4.69) is 55.3 Å². The van der Waals surface area contributed by atoms with Crippen LogP contribution in [0.5, 0.6) is 5.75 Å². The summed E-state index contributed by atoms with van der Waals surface area (Å²) in [6.07, 6.45) is 1.76. The molecule has 2 rings (SSSR count). The maximum absolute atomic E-state index is 5.43. The molecule has 1 unspecified atom stereocenters. The molecule has 2 aromatic heterocycles. The average molecular weight is 409 g/mol. The first-order valence-corrected chi connectivity index (χ1v) is 8.24. The second kappa shape index (κ2) is 6.39. The van der Waals surface area contributed by atoms with Gasteiger partial charge in [0.25, 0.3) is 0 Å². The monoisotopic (exact) mass is 407 g/mol. The zero-order valence-corrected chi connectivity index (χ0v) is 14.9. The van der Waals surface area contributed by atoms with Gasteiger partial charge in [0.05, 0.1) is 26.9 Å². The van der Waals surface area contributed by atoms with Crippen molar-refractivity contribution in [1.29, 1.82) is 0 Å². The van der Waals surface area contributed by atoms with Crippen LogP contribution in [-0.2, 0) is 6.54 Å². The number of aromatic nitrogens is 2. The van der Waals surface area contributed by atoms with Crippen molar-refractivity contribution in [2.75, 3.05) is 14.2 Å². The van der Waals surface area contributed by atoms with Gasteiger partial charge in [0.1, 0.15) is 5.69 Å². The molecule has 4 nitrogen and oxygen atoms in total. The normalized spacial score (nSPS) is 12.7. The molecule has 1 atom stereocenters. The average Bonchev–Trinajstić information content (AvgIpc) is 2.94. The minimum atomic E-state index is 0.0364. The number of methoxy groups -OCH3 is 1. The summed E-state index contributed by atoms with van der Waals surface area (Å²) in [6.45, 7) is 2.88. The molecule has 0 aliphatic carbocycles. The molecule has 0 bridgehead atoms. The van der Waals surface area contributed by atoms with Crippen LogP contribution in [0, 0.1) is 0 Å². The molecule has 0 aliphatic rings. The molecular weight excluding hydrogens is 394 g/mol. The van der Waals surface area contributed by atoms with Gasteiger partial charge in [-0.15, -0.1) is 11.3 Å². The Hall–Kier alpha value is -0.370. The minimum absolute atomic E-state index is 0.0364. The van der Waals surface area contributed by atoms with Gasteiger partial charge in [0.15, 0.2) is 5.75 Å². The molecule has 0 radical (unpaired) electrons. The minimum Gasteiger partial charge on any atom is -0.493 e. The van der Waals surface area contributed by atoms with Gasteiger partial charge in [-0.25, -0.2) is 0 Å². The van der Waals surface area contributed by atoms with Gasteiger partial charge in [-0.1, -0.05) is 0 Å². The number of nitrogens with one attached hydrogen (secondary N) is 1. The summed E-state index contributed by atoms with van der Waals surface area (Å²) in [5.74, 6) is 0.801. The van der Waals surface area contributed by atoms with E-state index in [-0.39, 0.29) is 6.04 Å². The van der Waals surface area contributed by atoms with Crippen molar-refractivity contribution in [1.82, 2.24) is 15.1 Å². The second-order valence-electron chi connectivity index (χ2n) is 3.92. The molecule has 0 saturated heterocycles.